The summed E-state index contributed by atoms with van der Waals surface area (Å²) in [5.41, 5.74) is 1.53. The van der Waals surface area contributed by atoms with Crippen molar-refractivity contribution in [2.75, 3.05) is 0 Å². The zero-order valence-corrected chi connectivity index (χ0v) is 12.3. The molecule has 0 bridgehead atoms. The lowest BCUT2D eigenvalue weighted by molar-refractivity contribution is 0.628. The van der Waals surface area contributed by atoms with Crippen molar-refractivity contribution in [3.8, 4) is 11.1 Å². The lowest BCUT2D eigenvalue weighted by Gasteiger charge is -2.04. The number of hydrogen-bond acceptors (Lipinski definition) is 3. The van der Waals surface area contributed by atoms with Crippen LogP contribution in [0.4, 0.5) is 4.39 Å². The standard InChI is InChI=1S/C14H11FN2OS2/c1-2-17-13(18)11-10(7-20-12(11)16-14(17)19)8-3-5-9(15)6-4-8/h3-7H,2H2,1H3,(H,16,19). The number of benzene rings is 1. The molecule has 102 valence electrons. The Hall–Kier alpha value is -1.79. The highest BCUT2D eigenvalue weighted by Crippen LogP contribution is 2.30. The topological polar surface area (TPSA) is 37.8 Å². The van der Waals surface area contributed by atoms with Crippen molar-refractivity contribution in [1.82, 2.24) is 9.55 Å². The zero-order valence-electron chi connectivity index (χ0n) is 10.6. The van der Waals surface area contributed by atoms with Gasteiger partial charge in [0.15, 0.2) is 4.77 Å². The highest BCUT2D eigenvalue weighted by Gasteiger charge is 2.13. The van der Waals surface area contributed by atoms with Gasteiger partial charge in [0, 0.05) is 17.5 Å². The van der Waals surface area contributed by atoms with Crippen LogP contribution in [0.3, 0.4) is 0 Å². The predicted octanol–water partition coefficient (Wildman–Crippen LogP) is 3.95. The zero-order chi connectivity index (χ0) is 14.3. The first-order valence-corrected chi connectivity index (χ1v) is 7.41. The number of fused-ring (bicyclic) bond motifs is 1. The summed E-state index contributed by atoms with van der Waals surface area (Å²) in [6.07, 6.45) is 0. The molecule has 3 nitrogen and oxygen atoms in total. The summed E-state index contributed by atoms with van der Waals surface area (Å²) in [7, 11) is 0. The van der Waals surface area contributed by atoms with Crippen LogP contribution < -0.4 is 5.56 Å². The van der Waals surface area contributed by atoms with Gasteiger partial charge in [-0.05, 0) is 36.8 Å². The van der Waals surface area contributed by atoms with Crippen LogP contribution in [-0.2, 0) is 6.54 Å². The van der Waals surface area contributed by atoms with E-state index in [1.165, 1.54) is 28.0 Å². The van der Waals surface area contributed by atoms with Crippen LogP contribution in [0.15, 0.2) is 34.4 Å². The molecule has 0 unspecified atom stereocenters. The first kappa shape index (κ1) is 13.2. The third kappa shape index (κ3) is 2.01. The molecule has 0 spiro atoms. The van der Waals surface area contributed by atoms with Gasteiger partial charge in [0.05, 0.1) is 5.39 Å². The number of hydrogen-bond donors (Lipinski definition) is 1. The molecular formula is C14H11FN2OS2. The Morgan fingerprint density at radius 1 is 1.35 bits per heavy atom. The van der Waals surface area contributed by atoms with Gasteiger partial charge in [-0.3, -0.25) is 9.36 Å². The van der Waals surface area contributed by atoms with Gasteiger partial charge in [-0.2, -0.15) is 0 Å². The molecule has 2 heterocycles. The van der Waals surface area contributed by atoms with E-state index in [2.05, 4.69) is 4.98 Å². The van der Waals surface area contributed by atoms with Crippen LogP contribution in [0.1, 0.15) is 6.92 Å². The molecule has 20 heavy (non-hydrogen) atoms. The van der Waals surface area contributed by atoms with Gasteiger partial charge in [0.25, 0.3) is 5.56 Å². The van der Waals surface area contributed by atoms with E-state index in [0.717, 1.165) is 16.0 Å². The molecule has 1 N–H and O–H groups in total. The normalized spacial score (nSPS) is 11.1. The van der Waals surface area contributed by atoms with Crippen LogP contribution in [0.5, 0.6) is 0 Å². The molecule has 0 aliphatic carbocycles. The molecule has 0 saturated heterocycles. The van der Waals surface area contributed by atoms with E-state index < -0.39 is 0 Å². The Kier molecular flexibility index (Phi) is 3.27. The summed E-state index contributed by atoms with van der Waals surface area (Å²) in [6, 6.07) is 6.13. The van der Waals surface area contributed by atoms with Crippen molar-refractivity contribution in [1.29, 1.82) is 0 Å². The molecule has 0 atom stereocenters. The molecule has 0 fully saturated rings. The average molecular weight is 306 g/mol. The van der Waals surface area contributed by atoms with Gasteiger partial charge in [-0.25, -0.2) is 4.39 Å². The molecule has 0 aliphatic heterocycles. The van der Waals surface area contributed by atoms with Crippen LogP contribution in [0.2, 0.25) is 0 Å². The van der Waals surface area contributed by atoms with Gasteiger partial charge in [-0.1, -0.05) is 12.1 Å². The quantitative estimate of drug-likeness (QED) is 0.728. The Bertz CT molecular complexity index is 890. The van der Waals surface area contributed by atoms with Gasteiger partial charge in [0.1, 0.15) is 10.6 Å². The summed E-state index contributed by atoms with van der Waals surface area (Å²) < 4.78 is 15.0. The Morgan fingerprint density at radius 3 is 2.70 bits per heavy atom. The second kappa shape index (κ2) is 4.96. The molecule has 3 rings (SSSR count). The van der Waals surface area contributed by atoms with Crippen molar-refractivity contribution >= 4 is 33.8 Å². The third-order valence-electron chi connectivity index (χ3n) is 3.19. The van der Waals surface area contributed by atoms with Gasteiger partial charge >= 0.3 is 0 Å². The summed E-state index contributed by atoms with van der Waals surface area (Å²) in [4.78, 5) is 16.3. The summed E-state index contributed by atoms with van der Waals surface area (Å²) >= 11 is 6.60. The second-order valence-electron chi connectivity index (χ2n) is 4.34. The summed E-state index contributed by atoms with van der Waals surface area (Å²) in [5, 5.41) is 2.50. The number of aromatic amines is 1. The predicted molar refractivity (Wildman–Crippen MR) is 82.3 cm³/mol. The molecule has 1 aromatic carbocycles. The summed E-state index contributed by atoms with van der Waals surface area (Å²) in [5.74, 6) is -0.293. The fourth-order valence-electron chi connectivity index (χ4n) is 2.18. The maximum Gasteiger partial charge on any atom is 0.263 e. The van der Waals surface area contributed by atoms with Crippen molar-refractivity contribution < 1.29 is 4.39 Å². The number of rotatable bonds is 2. The van der Waals surface area contributed by atoms with E-state index in [1.54, 1.807) is 12.1 Å². The molecule has 0 aliphatic rings. The number of halogens is 1. The van der Waals surface area contributed by atoms with E-state index in [1.807, 2.05) is 12.3 Å². The fraction of sp³-hybridized carbons (Fsp3) is 0.143. The van der Waals surface area contributed by atoms with E-state index in [0.29, 0.717) is 16.7 Å². The SMILES string of the molecule is CCn1c(=S)[nH]c2scc(-c3ccc(F)cc3)c2c1=O. The van der Waals surface area contributed by atoms with E-state index in [-0.39, 0.29) is 11.4 Å². The smallest absolute Gasteiger partial charge is 0.263 e. The Balaban J connectivity index is 2.36. The molecule has 3 aromatic rings. The van der Waals surface area contributed by atoms with Crippen molar-refractivity contribution in [3.05, 3.63) is 50.6 Å². The number of aromatic nitrogens is 2. The van der Waals surface area contributed by atoms with Crippen molar-refractivity contribution in [2.45, 2.75) is 13.5 Å². The second-order valence-corrected chi connectivity index (χ2v) is 5.61. The maximum absolute atomic E-state index is 13.0. The number of nitrogens with zero attached hydrogens (tertiary/aromatic N) is 1. The lowest BCUT2D eigenvalue weighted by atomic mass is 10.1. The van der Waals surface area contributed by atoms with Crippen LogP contribution >= 0.6 is 23.6 Å². The minimum atomic E-state index is -0.293. The van der Waals surface area contributed by atoms with Gasteiger partial charge in [-0.15, -0.1) is 11.3 Å². The average Bonchev–Trinajstić information content (AvgIpc) is 2.84. The van der Waals surface area contributed by atoms with Crippen LogP contribution in [0.25, 0.3) is 21.3 Å². The van der Waals surface area contributed by atoms with Crippen LogP contribution in [-0.4, -0.2) is 9.55 Å². The highest BCUT2D eigenvalue weighted by molar-refractivity contribution is 7.71. The van der Waals surface area contributed by atoms with Gasteiger partial charge in [0.2, 0.25) is 0 Å². The van der Waals surface area contributed by atoms with Gasteiger partial charge < -0.3 is 4.98 Å². The maximum atomic E-state index is 13.0. The van der Waals surface area contributed by atoms with E-state index in [9.17, 15) is 9.18 Å². The van der Waals surface area contributed by atoms with E-state index >= 15 is 0 Å². The summed E-state index contributed by atoms with van der Waals surface area (Å²) in [6.45, 7) is 2.39. The minimum Gasteiger partial charge on any atom is -0.323 e. The molecule has 0 saturated carbocycles. The molecule has 0 radical (unpaired) electrons. The van der Waals surface area contributed by atoms with Crippen molar-refractivity contribution in [3.63, 3.8) is 0 Å². The Labute approximate surface area is 123 Å². The first-order chi connectivity index (χ1) is 9.61. The molecule has 6 heteroatoms. The number of nitrogens with one attached hydrogen (secondary N) is 1. The first-order valence-electron chi connectivity index (χ1n) is 6.12. The minimum absolute atomic E-state index is 0.105. The number of H-pyrrole nitrogens is 1. The van der Waals surface area contributed by atoms with E-state index in [4.69, 9.17) is 12.2 Å². The lowest BCUT2D eigenvalue weighted by Crippen LogP contribution is -2.20. The third-order valence-corrected chi connectivity index (χ3v) is 4.41. The van der Waals surface area contributed by atoms with Crippen LogP contribution in [0, 0.1) is 10.6 Å². The number of thiophene rings is 1. The molecule has 0 amide bonds. The largest absolute Gasteiger partial charge is 0.323 e. The molecule has 2 aromatic heterocycles. The van der Waals surface area contributed by atoms with Crippen molar-refractivity contribution in [2.24, 2.45) is 0 Å². The fourth-order valence-corrected chi connectivity index (χ4v) is 3.52. The Morgan fingerprint density at radius 2 is 2.05 bits per heavy atom. The molecular weight excluding hydrogens is 295 g/mol. The monoisotopic (exact) mass is 306 g/mol. The highest BCUT2D eigenvalue weighted by atomic mass is 32.1.